The standard InChI is InChI=1S/C13H20.C2H6/c1-4-10-13(2,3)11-12-8-6-5-7-9-12;1-2/h5-9H,4,10-11H2,1-3H3;1-2H3. The van der Waals surface area contributed by atoms with E-state index in [4.69, 9.17) is 0 Å². The zero-order valence-corrected chi connectivity index (χ0v) is 11.0. The minimum atomic E-state index is 0.454. The summed E-state index contributed by atoms with van der Waals surface area (Å²) >= 11 is 0. The molecule has 0 heteroatoms. The Morgan fingerprint density at radius 1 is 1.00 bits per heavy atom. The molecular weight excluding hydrogens is 180 g/mol. The summed E-state index contributed by atoms with van der Waals surface area (Å²) in [6.07, 6.45) is 3.78. The van der Waals surface area contributed by atoms with Crippen LogP contribution < -0.4 is 0 Å². The first kappa shape index (κ1) is 14.2. The zero-order chi connectivity index (χ0) is 11.7. The third-order valence-electron chi connectivity index (χ3n) is 2.45. The Kier molecular flexibility index (Phi) is 7.11. The van der Waals surface area contributed by atoms with E-state index in [0.29, 0.717) is 5.41 Å². The van der Waals surface area contributed by atoms with E-state index in [2.05, 4.69) is 51.1 Å². The molecule has 0 saturated heterocycles. The quantitative estimate of drug-likeness (QED) is 0.644. The van der Waals surface area contributed by atoms with E-state index in [0.717, 1.165) is 0 Å². The summed E-state index contributed by atoms with van der Waals surface area (Å²) < 4.78 is 0. The second-order valence-electron chi connectivity index (χ2n) is 4.58. The second-order valence-corrected chi connectivity index (χ2v) is 4.58. The first-order valence-electron chi connectivity index (χ1n) is 6.18. The molecule has 15 heavy (non-hydrogen) atoms. The summed E-state index contributed by atoms with van der Waals surface area (Å²) in [5, 5.41) is 0. The fourth-order valence-corrected chi connectivity index (χ4v) is 1.91. The van der Waals surface area contributed by atoms with Crippen molar-refractivity contribution in [2.75, 3.05) is 0 Å². The molecule has 0 aromatic heterocycles. The van der Waals surface area contributed by atoms with Crippen LogP contribution in [0.3, 0.4) is 0 Å². The lowest BCUT2D eigenvalue weighted by Crippen LogP contribution is -2.14. The van der Waals surface area contributed by atoms with Gasteiger partial charge in [0.1, 0.15) is 0 Å². The van der Waals surface area contributed by atoms with E-state index < -0.39 is 0 Å². The number of rotatable bonds is 4. The van der Waals surface area contributed by atoms with Gasteiger partial charge in [-0.2, -0.15) is 0 Å². The highest BCUT2D eigenvalue weighted by molar-refractivity contribution is 5.16. The van der Waals surface area contributed by atoms with Crippen LogP contribution in [0.15, 0.2) is 30.3 Å². The normalized spacial score (nSPS) is 10.5. The minimum Gasteiger partial charge on any atom is -0.0683 e. The van der Waals surface area contributed by atoms with Gasteiger partial charge in [0, 0.05) is 0 Å². The number of hydrogen-bond acceptors (Lipinski definition) is 0. The highest BCUT2D eigenvalue weighted by Gasteiger charge is 2.16. The average Bonchev–Trinajstić information content (AvgIpc) is 2.21. The maximum Gasteiger partial charge on any atom is -0.0227 e. The monoisotopic (exact) mass is 206 g/mol. The maximum absolute atomic E-state index is 2.35. The molecule has 0 N–H and O–H groups in total. The largest absolute Gasteiger partial charge is 0.0683 e. The van der Waals surface area contributed by atoms with Crippen LogP contribution in [-0.4, -0.2) is 0 Å². The second kappa shape index (κ2) is 7.50. The van der Waals surface area contributed by atoms with Crippen LogP contribution in [0.5, 0.6) is 0 Å². The molecule has 0 heterocycles. The van der Waals surface area contributed by atoms with Crippen LogP contribution in [0.4, 0.5) is 0 Å². The van der Waals surface area contributed by atoms with Crippen LogP contribution in [-0.2, 0) is 6.42 Å². The molecule has 0 aliphatic heterocycles. The van der Waals surface area contributed by atoms with Gasteiger partial charge in [-0.1, -0.05) is 71.4 Å². The molecule has 0 atom stereocenters. The molecule has 0 amide bonds. The third kappa shape index (κ3) is 6.33. The van der Waals surface area contributed by atoms with E-state index in [1.165, 1.54) is 24.8 Å². The maximum atomic E-state index is 2.35. The summed E-state index contributed by atoms with van der Waals surface area (Å²) in [5.41, 5.74) is 1.91. The molecule has 1 aromatic rings. The molecule has 0 aliphatic rings. The summed E-state index contributed by atoms with van der Waals surface area (Å²) in [6, 6.07) is 10.8. The molecule has 0 spiro atoms. The topological polar surface area (TPSA) is 0 Å². The predicted octanol–water partition coefficient (Wildman–Crippen LogP) is 5.08. The van der Waals surface area contributed by atoms with Gasteiger partial charge in [0.25, 0.3) is 0 Å². The van der Waals surface area contributed by atoms with E-state index in [-0.39, 0.29) is 0 Å². The van der Waals surface area contributed by atoms with Gasteiger partial charge in [0.2, 0.25) is 0 Å². The van der Waals surface area contributed by atoms with Crippen molar-refractivity contribution >= 4 is 0 Å². The summed E-state index contributed by atoms with van der Waals surface area (Å²) in [6.45, 7) is 11.0. The number of hydrogen-bond donors (Lipinski definition) is 0. The van der Waals surface area contributed by atoms with E-state index in [1.54, 1.807) is 0 Å². The molecule has 0 fully saturated rings. The summed E-state index contributed by atoms with van der Waals surface area (Å²) in [7, 11) is 0. The van der Waals surface area contributed by atoms with E-state index in [1.807, 2.05) is 13.8 Å². The van der Waals surface area contributed by atoms with Crippen LogP contribution in [0, 0.1) is 5.41 Å². The minimum absolute atomic E-state index is 0.454. The van der Waals surface area contributed by atoms with Crippen molar-refractivity contribution in [3.05, 3.63) is 35.9 Å². The van der Waals surface area contributed by atoms with E-state index >= 15 is 0 Å². The highest BCUT2D eigenvalue weighted by atomic mass is 14.2. The Labute approximate surface area is 95.7 Å². The Morgan fingerprint density at radius 2 is 1.53 bits per heavy atom. The lowest BCUT2D eigenvalue weighted by molar-refractivity contribution is 0.329. The van der Waals surface area contributed by atoms with Crippen molar-refractivity contribution in [1.29, 1.82) is 0 Å². The fraction of sp³-hybridized carbons (Fsp3) is 0.600. The lowest BCUT2D eigenvalue weighted by atomic mass is 9.82. The molecule has 0 nitrogen and oxygen atoms in total. The molecule has 1 rings (SSSR count). The zero-order valence-electron chi connectivity index (χ0n) is 11.0. The Bertz CT molecular complexity index is 233. The first-order valence-corrected chi connectivity index (χ1v) is 6.18. The lowest BCUT2D eigenvalue weighted by Gasteiger charge is -2.23. The van der Waals surface area contributed by atoms with E-state index in [9.17, 15) is 0 Å². The van der Waals surface area contributed by atoms with Gasteiger partial charge >= 0.3 is 0 Å². The smallest absolute Gasteiger partial charge is 0.0227 e. The molecule has 0 aliphatic carbocycles. The SMILES string of the molecule is CC.CCCC(C)(C)Cc1ccccc1. The van der Waals surface area contributed by atoms with Gasteiger partial charge in [-0.25, -0.2) is 0 Å². The molecule has 0 bridgehead atoms. The van der Waals surface area contributed by atoms with Gasteiger partial charge in [0.05, 0.1) is 0 Å². The number of benzene rings is 1. The van der Waals surface area contributed by atoms with Crippen molar-refractivity contribution in [2.24, 2.45) is 5.41 Å². The molecule has 86 valence electrons. The molecular formula is C15H26. The molecule has 0 unspecified atom stereocenters. The Hall–Kier alpha value is -0.780. The van der Waals surface area contributed by atoms with Crippen LogP contribution in [0.25, 0.3) is 0 Å². The van der Waals surface area contributed by atoms with Crippen molar-refractivity contribution in [1.82, 2.24) is 0 Å². The molecule has 0 radical (unpaired) electrons. The van der Waals surface area contributed by atoms with Crippen LogP contribution in [0.1, 0.15) is 53.0 Å². The third-order valence-corrected chi connectivity index (χ3v) is 2.45. The van der Waals surface area contributed by atoms with Gasteiger partial charge < -0.3 is 0 Å². The molecule has 1 aromatic carbocycles. The molecule has 0 saturated carbocycles. The highest BCUT2D eigenvalue weighted by Crippen LogP contribution is 2.26. The van der Waals surface area contributed by atoms with Crippen LogP contribution in [0.2, 0.25) is 0 Å². The average molecular weight is 206 g/mol. The Balaban J connectivity index is 0.000000921. The van der Waals surface area contributed by atoms with Gasteiger partial charge in [-0.15, -0.1) is 0 Å². The van der Waals surface area contributed by atoms with Crippen molar-refractivity contribution in [3.63, 3.8) is 0 Å². The first-order chi connectivity index (χ1) is 7.14. The van der Waals surface area contributed by atoms with Gasteiger partial charge in [-0.3, -0.25) is 0 Å². The Morgan fingerprint density at radius 3 is 2.00 bits per heavy atom. The van der Waals surface area contributed by atoms with Crippen LogP contribution >= 0.6 is 0 Å². The fourth-order valence-electron chi connectivity index (χ4n) is 1.91. The van der Waals surface area contributed by atoms with Gasteiger partial charge in [-0.05, 0) is 23.8 Å². The van der Waals surface area contributed by atoms with Crippen molar-refractivity contribution < 1.29 is 0 Å². The van der Waals surface area contributed by atoms with Gasteiger partial charge in [0.15, 0.2) is 0 Å². The van der Waals surface area contributed by atoms with Crippen molar-refractivity contribution in [3.8, 4) is 0 Å². The van der Waals surface area contributed by atoms with Crippen molar-refractivity contribution in [2.45, 2.75) is 53.9 Å². The predicted molar refractivity (Wildman–Crippen MR) is 70.2 cm³/mol. The summed E-state index contributed by atoms with van der Waals surface area (Å²) in [4.78, 5) is 0. The summed E-state index contributed by atoms with van der Waals surface area (Å²) in [5.74, 6) is 0.